The summed E-state index contributed by atoms with van der Waals surface area (Å²) in [4.78, 5) is 27.8. The molecule has 0 atom stereocenters. The molecule has 0 aliphatic rings. The fourth-order valence-electron chi connectivity index (χ4n) is 1.62. The van der Waals surface area contributed by atoms with Crippen LogP contribution in [0.5, 0.6) is 0 Å². The Kier molecular flexibility index (Phi) is 5.71. The highest BCUT2D eigenvalue weighted by Crippen LogP contribution is 2.25. The quantitative estimate of drug-likeness (QED) is 0.850. The van der Waals surface area contributed by atoms with Gasteiger partial charge in [-0.05, 0) is 33.3 Å². The molecule has 0 aliphatic heterocycles. The van der Waals surface area contributed by atoms with E-state index in [4.69, 9.17) is 21.4 Å². The molecule has 0 spiro atoms. The van der Waals surface area contributed by atoms with Crippen LogP contribution in [0, 0.1) is 5.82 Å². The molecule has 1 N–H and O–H groups in total. The van der Waals surface area contributed by atoms with Crippen molar-refractivity contribution in [1.82, 2.24) is 4.98 Å². The van der Waals surface area contributed by atoms with E-state index in [-0.39, 0.29) is 12.4 Å². The van der Waals surface area contributed by atoms with Crippen LogP contribution < -0.4 is 4.90 Å². The Hall–Kier alpha value is -1.89. The van der Waals surface area contributed by atoms with Crippen molar-refractivity contribution in [2.45, 2.75) is 39.7 Å². The van der Waals surface area contributed by atoms with E-state index >= 15 is 0 Å². The number of rotatable bonds is 4. The van der Waals surface area contributed by atoms with Crippen LogP contribution in [0.25, 0.3) is 0 Å². The molecule has 0 unspecified atom stereocenters. The Balaban J connectivity index is 3.24. The zero-order chi connectivity index (χ0) is 17.1. The summed E-state index contributed by atoms with van der Waals surface area (Å²) in [6.45, 7) is 6.99. The van der Waals surface area contributed by atoms with Gasteiger partial charge in [0.1, 0.15) is 10.8 Å². The Labute approximate surface area is 132 Å². The van der Waals surface area contributed by atoms with Gasteiger partial charge in [0.15, 0.2) is 11.6 Å². The highest BCUT2D eigenvalue weighted by atomic mass is 35.5. The van der Waals surface area contributed by atoms with E-state index < -0.39 is 34.2 Å². The minimum atomic E-state index is -1.40. The van der Waals surface area contributed by atoms with E-state index in [2.05, 4.69) is 4.98 Å². The number of ether oxygens (including phenoxy) is 1. The second kappa shape index (κ2) is 6.91. The van der Waals surface area contributed by atoms with Crippen molar-refractivity contribution < 1.29 is 23.8 Å². The number of amides is 1. The Bertz CT molecular complexity index is 587. The predicted molar refractivity (Wildman–Crippen MR) is 80.0 cm³/mol. The zero-order valence-electron chi connectivity index (χ0n) is 12.8. The monoisotopic (exact) mass is 332 g/mol. The van der Waals surface area contributed by atoms with E-state index in [1.54, 1.807) is 27.7 Å². The van der Waals surface area contributed by atoms with Gasteiger partial charge in [-0.25, -0.2) is 19.0 Å². The third-order valence-electron chi connectivity index (χ3n) is 2.46. The molecule has 0 aliphatic carbocycles. The normalized spacial score (nSPS) is 11.2. The number of pyridine rings is 1. The molecule has 8 heteroatoms. The molecule has 0 saturated carbocycles. The highest BCUT2D eigenvalue weighted by Gasteiger charge is 2.27. The maximum atomic E-state index is 14.1. The van der Waals surface area contributed by atoms with Crippen LogP contribution >= 0.6 is 11.6 Å². The predicted octanol–water partition coefficient (Wildman–Crippen LogP) is 3.72. The third-order valence-corrected chi connectivity index (χ3v) is 2.75. The lowest BCUT2D eigenvalue weighted by molar-refractivity contribution is 0.0577. The summed E-state index contributed by atoms with van der Waals surface area (Å²) in [6, 6.07) is 0.736. The molecule has 0 aromatic carbocycles. The molecule has 1 rings (SSSR count). The van der Waals surface area contributed by atoms with E-state index in [9.17, 15) is 14.0 Å². The molecule has 1 heterocycles. The number of carbonyl (C=O) groups is 2. The summed E-state index contributed by atoms with van der Waals surface area (Å²) in [6.07, 6.45) is -0.251. The van der Waals surface area contributed by atoms with Crippen molar-refractivity contribution in [3.63, 3.8) is 0 Å². The number of carboxylic acids is 1. The van der Waals surface area contributed by atoms with Crippen molar-refractivity contribution >= 4 is 29.5 Å². The van der Waals surface area contributed by atoms with Crippen molar-refractivity contribution in [2.24, 2.45) is 0 Å². The molecular formula is C14H18ClFN2O4. The van der Waals surface area contributed by atoms with Gasteiger partial charge in [0, 0.05) is 6.54 Å². The van der Waals surface area contributed by atoms with Crippen LogP contribution in [0.4, 0.5) is 15.0 Å². The smallest absolute Gasteiger partial charge is 0.416 e. The minimum Gasteiger partial charge on any atom is -0.478 e. The van der Waals surface area contributed by atoms with E-state index in [0.29, 0.717) is 6.42 Å². The fourth-order valence-corrected chi connectivity index (χ4v) is 1.84. The number of anilines is 1. The van der Waals surface area contributed by atoms with Crippen LogP contribution in [-0.4, -0.2) is 34.3 Å². The van der Waals surface area contributed by atoms with Crippen LogP contribution in [0.3, 0.4) is 0 Å². The molecule has 1 aromatic rings. The zero-order valence-corrected chi connectivity index (χ0v) is 13.6. The van der Waals surface area contributed by atoms with Gasteiger partial charge < -0.3 is 9.84 Å². The Morgan fingerprint density at radius 3 is 2.50 bits per heavy atom. The lowest BCUT2D eigenvalue weighted by Crippen LogP contribution is -2.38. The molecule has 0 bridgehead atoms. The molecule has 0 fully saturated rings. The van der Waals surface area contributed by atoms with Crippen LogP contribution in [0.2, 0.25) is 5.15 Å². The second-order valence-electron chi connectivity index (χ2n) is 5.57. The number of halogens is 2. The average Bonchev–Trinajstić information content (AvgIpc) is 2.36. The summed E-state index contributed by atoms with van der Waals surface area (Å²) in [7, 11) is 0. The number of carbonyl (C=O) groups excluding carboxylic acids is 1. The van der Waals surface area contributed by atoms with Crippen molar-refractivity contribution in [3.05, 3.63) is 22.6 Å². The average molecular weight is 333 g/mol. The summed E-state index contributed by atoms with van der Waals surface area (Å²) >= 11 is 5.74. The molecule has 6 nitrogen and oxygen atoms in total. The summed E-state index contributed by atoms with van der Waals surface area (Å²) in [5, 5.41) is 8.49. The molecule has 122 valence electrons. The molecule has 1 aromatic heterocycles. The fraction of sp³-hybridized carbons (Fsp3) is 0.500. The molecular weight excluding hydrogens is 315 g/mol. The minimum absolute atomic E-state index is 0.154. The van der Waals surface area contributed by atoms with Gasteiger partial charge >= 0.3 is 12.1 Å². The number of aromatic carboxylic acids is 1. The van der Waals surface area contributed by atoms with Gasteiger partial charge in [-0.3, -0.25) is 4.90 Å². The van der Waals surface area contributed by atoms with Crippen LogP contribution in [-0.2, 0) is 4.74 Å². The summed E-state index contributed by atoms with van der Waals surface area (Å²) in [5.41, 5.74) is -1.23. The SMILES string of the molecule is CCCN(C(=O)OC(C)(C)C)c1nc(Cl)c(C(=O)O)cc1F. The van der Waals surface area contributed by atoms with Gasteiger partial charge in [0.2, 0.25) is 0 Å². The maximum absolute atomic E-state index is 14.1. The molecule has 0 radical (unpaired) electrons. The molecule has 22 heavy (non-hydrogen) atoms. The van der Waals surface area contributed by atoms with Gasteiger partial charge in [-0.15, -0.1) is 0 Å². The van der Waals surface area contributed by atoms with E-state index in [1.165, 1.54) is 0 Å². The van der Waals surface area contributed by atoms with Crippen molar-refractivity contribution in [1.29, 1.82) is 0 Å². The van der Waals surface area contributed by atoms with Crippen LogP contribution in [0.1, 0.15) is 44.5 Å². The van der Waals surface area contributed by atoms with Gasteiger partial charge in [0.05, 0.1) is 5.56 Å². The maximum Gasteiger partial charge on any atom is 0.416 e. The summed E-state index contributed by atoms with van der Waals surface area (Å²) < 4.78 is 19.3. The first-order valence-electron chi connectivity index (χ1n) is 6.66. The molecule has 0 saturated heterocycles. The first-order chi connectivity index (χ1) is 10.1. The first kappa shape index (κ1) is 18.2. The van der Waals surface area contributed by atoms with Crippen LogP contribution in [0.15, 0.2) is 6.07 Å². The number of aromatic nitrogens is 1. The van der Waals surface area contributed by atoms with Gasteiger partial charge in [-0.1, -0.05) is 18.5 Å². The van der Waals surface area contributed by atoms with E-state index in [0.717, 1.165) is 11.0 Å². The molecule has 1 amide bonds. The van der Waals surface area contributed by atoms with E-state index in [1.807, 2.05) is 0 Å². The lowest BCUT2D eigenvalue weighted by Gasteiger charge is -2.26. The first-order valence-corrected chi connectivity index (χ1v) is 7.04. The summed E-state index contributed by atoms with van der Waals surface area (Å²) in [5.74, 6) is -2.71. The third kappa shape index (κ3) is 4.56. The topological polar surface area (TPSA) is 79.7 Å². The number of nitrogens with zero attached hydrogens (tertiary/aromatic N) is 2. The standard InChI is InChI=1S/C14H18ClFN2O4/c1-5-6-18(13(21)22-14(2,3)4)11-9(16)7-8(12(19)20)10(15)17-11/h7H,5-6H2,1-4H3,(H,19,20). The second-order valence-corrected chi connectivity index (χ2v) is 5.93. The van der Waals surface area contributed by atoms with Crippen molar-refractivity contribution in [3.8, 4) is 0 Å². The number of hydrogen-bond donors (Lipinski definition) is 1. The van der Waals surface area contributed by atoms with Gasteiger partial charge in [-0.2, -0.15) is 0 Å². The lowest BCUT2D eigenvalue weighted by atomic mass is 10.2. The van der Waals surface area contributed by atoms with Gasteiger partial charge in [0.25, 0.3) is 0 Å². The number of hydrogen-bond acceptors (Lipinski definition) is 4. The Morgan fingerprint density at radius 2 is 2.05 bits per heavy atom. The van der Waals surface area contributed by atoms with Crippen molar-refractivity contribution in [2.75, 3.05) is 11.4 Å². The highest BCUT2D eigenvalue weighted by molar-refractivity contribution is 6.32. The number of carboxylic acid groups (broad SMARTS) is 1. The largest absolute Gasteiger partial charge is 0.478 e. The Morgan fingerprint density at radius 1 is 1.45 bits per heavy atom.